The fourth-order valence-electron chi connectivity index (χ4n) is 2.37. The first-order valence-corrected chi connectivity index (χ1v) is 6.59. The number of hydrogen-bond donors (Lipinski definition) is 1. The fraction of sp³-hybridized carbons (Fsp3) is 0.571. The molecule has 1 fully saturated rings. The predicted molar refractivity (Wildman–Crippen MR) is 72.4 cm³/mol. The Bertz CT molecular complexity index is 419. The molecule has 0 radical (unpaired) electrons. The van der Waals surface area contributed by atoms with Gasteiger partial charge in [-0.2, -0.15) is 0 Å². The van der Waals surface area contributed by atoms with Gasteiger partial charge < -0.3 is 10.2 Å². The van der Waals surface area contributed by atoms with Crippen LogP contribution in [0.4, 0.5) is 5.82 Å². The number of piperidine rings is 1. The zero-order valence-electron chi connectivity index (χ0n) is 11.1. The van der Waals surface area contributed by atoms with E-state index in [2.05, 4.69) is 28.2 Å². The van der Waals surface area contributed by atoms with Gasteiger partial charge in [0.2, 0.25) is 5.91 Å². The van der Waals surface area contributed by atoms with E-state index in [1.165, 1.54) is 19.8 Å². The van der Waals surface area contributed by atoms with Gasteiger partial charge in [-0.05, 0) is 36.5 Å². The fourth-order valence-corrected chi connectivity index (χ4v) is 2.37. The largest absolute Gasteiger partial charge is 0.356 e. The van der Waals surface area contributed by atoms with Crippen LogP contribution >= 0.6 is 0 Å². The van der Waals surface area contributed by atoms with E-state index in [0.717, 1.165) is 30.4 Å². The van der Waals surface area contributed by atoms with Crippen LogP contribution < -0.4 is 10.2 Å². The van der Waals surface area contributed by atoms with E-state index < -0.39 is 0 Å². The van der Waals surface area contributed by atoms with Gasteiger partial charge in [0, 0.05) is 32.8 Å². The molecule has 0 aliphatic carbocycles. The molecule has 0 spiro atoms. The molecule has 1 saturated heterocycles. The van der Waals surface area contributed by atoms with E-state index in [9.17, 15) is 4.79 Å². The molecule has 1 aliphatic rings. The summed E-state index contributed by atoms with van der Waals surface area (Å²) < 4.78 is 0. The van der Waals surface area contributed by atoms with Crippen molar-refractivity contribution in [2.75, 3.05) is 18.0 Å². The van der Waals surface area contributed by atoms with Crippen LogP contribution in [-0.2, 0) is 11.3 Å². The van der Waals surface area contributed by atoms with Crippen molar-refractivity contribution in [3.05, 3.63) is 23.9 Å². The van der Waals surface area contributed by atoms with Crippen molar-refractivity contribution < 1.29 is 4.79 Å². The van der Waals surface area contributed by atoms with Crippen LogP contribution in [0, 0.1) is 5.92 Å². The van der Waals surface area contributed by atoms with Gasteiger partial charge in [-0.25, -0.2) is 4.98 Å². The van der Waals surface area contributed by atoms with Gasteiger partial charge in [-0.15, -0.1) is 0 Å². The predicted octanol–water partition coefficient (Wildman–Crippen LogP) is 1.95. The lowest BCUT2D eigenvalue weighted by molar-refractivity contribution is -0.119. The standard InChI is InChI=1S/C14H21N3O/c1-11-4-3-7-17(10-11)14-8-13(5-6-15-14)9-16-12(2)18/h5-6,8,11H,3-4,7,9-10H2,1-2H3,(H,16,18). The maximum atomic E-state index is 10.9. The lowest BCUT2D eigenvalue weighted by Crippen LogP contribution is -2.34. The Labute approximate surface area is 108 Å². The third-order valence-corrected chi connectivity index (χ3v) is 3.33. The summed E-state index contributed by atoms with van der Waals surface area (Å²) in [7, 11) is 0. The molecular weight excluding hydrogens is 226 g/mol. The van der Waals surface area contributed by atoms with Crippen molar-refractivity contribution in [1.29, 1.82) is 0 Å². The number of carbonyl (C=O) groups is 1. The Kier molecular flexibility index (Phi) is 4.18. The van der Waals surface area contributed by atoms with Crippen molar-refractivity contribution >= 4 is 11.7 Å². The SMILES string of the molecule is CC(=O)NCc1ccnc(N2CCCC(C)C2)c1. The number of carbonyl (C=O) groups excluding carboxylic acids is 1. The number of amides is 1. The maximum absolute atomic E-state index is 10.9. The summed E-state index contributed by atoms with van der Waals surface area (Å²) in [5.41, 5.74) is 1.11. The summed E-state index contributed by atoms with van der Waals surface area (Å²) in [6.45, 7) is 6.56. The molecule has 18 heavy (non-hydrogen) atoms. The molecule has 1 aliphatic heterocycles. The van der Waals surface area contributed by atoms with E-state index in [4.69, 9.17) is 0 Å². The van der Waals surface area contributed by atoms with Gasteiger partial charge in [-0.3, -0.25) is 4.79 Å². The molecule has 2 rings (SSSR count). The second-order valence-electron chi connectivity index (χ2n) is 5.13. The van der Waals surface area contributed by atoms with Crippen molar-refractivity contribution in [1.82, 2.24) is 10.3 Å². The summed E-state index contributed by atoms with van der Waals surface area (Å²) >= 11 is 0. The minimum absolute atomic E-state index is 0.0000398. The lowest BCUT2D eigenvalue weighted by Gasteiger charge is -2.32. The smallest absolute Gasteiger partial charge is 0.217 e. The first-order valence-electron chi connectivity index (χ1n) is 6.59. The summed E-state index contributed by atoms with van der Waals surface area (Å²) in [4.78, 5) is 17.7. The van der Waals surface area contributed by atoms with Crippen LogP contribution in [0.5, 0.6) is 0 Å². The minimum Gasteiger partial charge on any atom is -0.356 e. The Morgan fingerprint density at radius 3 is 3.17 bits per heavy atom. The summed E-state index contributed by atoms with van der Waals surface area (Å²) in [5.74, 6) is 1.77. The molecule has 1 aromatic heterocycles. The van der Waals surface area contributed by atoms with Gasteiger partial charge in [0.15, 0.2) is 0 Å². The third-order valence-electron chi connectivity index (χ3n) is 3.33. The third kappa shape index (κ3) is 3.45. The molecule has 1 atom stereocenters. The Morgan fingerprint density at radius 2 is 2.44 bits per heavy atom. The molecule has 1 N–H and O–H groups in total. The molecule has 4 nitrogen and oxygen atoms in total. The summed E-state index contributed by atoms with van der Waals surface area (Å²) in [6.07, 6.45) is 4.37. The van der Waals surface area contributed by atoms with Crippen molar-refractivity contribution in [2.45, 2.75) is 33.2 Å². The van der Waals surface area contributed by atoms with Gasteiger partial charge >= 0.3 is 0 Å². The highest BCUT2D eigenvalue weighted by Gasteiger charge is 2.17. The molecule has 4 heteroatoms. The Balaban J connectivity index is 2.04. The highest BCUT2D eigenvalue weighted by Crippen LogP contribution is 2.21. The van der Waals surface area contributed by atoms with Crippen molar-refractivity contribution in [3.63, 3.8) is 0 Å². The molecule has 98 valence electrons. The number of nitrogens with zero attached hydrogens (tertiary/aromatic N) is 2. The van der Waals surface area contributed by atoms with Gasteiger partial charge in [0.25, 0.3) is 0 Å². The molecular formula is C14H21N3O. The zero-order valence-corrected chi connectivity index (χ0v) is 11.1. The van der Waals surface area contributed by atoms with Crippen LogP contribution in [0.2, 0.25) is 0 Å². The van der Waals surface area contributed by atoms with E-state index in [1.807, 2.05) is 12.3 Å². The Hall–Kier alpha value is -1.58. The summed E-state index contributed by atoms with van der Waals surface area (Å²) in [5, 5.41) is 2.82. The monoisotopic (exact) mass is 247 g/mol. The molecule has 1 amide bonds. The molecule has 2 heterocycles. The quantitative estimate of drug-likeness (QED) is 0.888. The molecule has 0 aromatic carbocycles. The van der Waals surface area contributed by atoms with Gasteiger partial charge in [0.05, 0.1) is 0 Å². The average molecular weight is 247 g/mol. The summed E-state index contributed by atoms with van der Waals surface area (Å²) in [6, 6.07) is 4.03. The van der Waals surface area contributed by atoms with Gasteiger partial charge in [0.1, 0.15) is 5.82 Å². The molecule has 1 unspecified atom stereocenters. The van der Waals surface area contributed by atoms with Gasteiger partial charge in [-0.1, -0.05) is 6.92 Å². The van der Waals surface area contributed by atoms with Crippen LogP contribution in [0.1, 0.15) is 32.3 Å². The van der Waals surface area contributed by atoms with Crippen molar-refractivity contribution in [2.24, 2.45) is 5.92 Å². The molecule has 1 aromatic rings. The maximum Gasteiger partial charge on any atom is 0.217 e. The van der Waals surface area contributed by atoms with E-state index in [1.54, 1.807) is 0 Å². The van der Waals surface area contributed by atoms with Crippen LogP contribution in [0.15, 0.2) is 18.3 Å². The number of hydrogen-bond acceptors (Lipinski definition) is 3. The van der Waals surface area contributed by atoms with E-state index in [0.29, 0.717) is 6.54 Å². The number of anilines is 1. The second-order valence-corrected chi connectivity index (χ2v) is 5.13. The van der Waals surface area contributed by atoms with Crippen LogP contribution in [0.3, 0.4) is 0 Å². The normalized spacial score (nSPS) is 19.7. The second kappa shape index (κ2) is 5.85. The highest BCUT2D eigenvalue weighted by molar-refractivity contribution is 5.72. The Morgan fingerprint density at radius 1 is 1.61 bits per heavy atom. The van der Waals surface area contributed by atoms with E-state index >= 15 is 0 Å². The van der Waals surface area contributed by atoms with Crippen LogP contribution in [0.25, 0.3) is 0 Å². The molecule has 0 saturated carbocycles. The van der Waals surface area contributed by atoms with Crippen LogP contribution in [-0.4, -0.2) is 24.0 Å². The first-order chi connectivity index (χ1) is 8.65. The van der Waals surface area contributed by atoms with E-state index in [-0.39, 0.29) is 5.91 Å². The minimum atomic E-state index is -0.0000398. The first kappa shape index (κ1) is 12.9. The number of pyridine rings is 1. The highest BCUT2D eigenvalue weighted by atomic mass is 16.1. The molecule has 0 bridgehead atoms. The number of nitrogens with one attached hydrogen (secondary N) is 1. The van der Waals surface area contributed by atoms with Crippen molar-refractivity contribution in [3.8, 4) is 0 Å². The average Bonchev–Trinajstić information content (AvgIpc) is 2.37. The zero-order chi connectivity index (χ0) is 13.0. The number of aromatic nitrogens is 1. The topological polar surface area (TPSA) is 45.2 Å². The lowest BCUT2D eigenvalue weighted by atomic mass is 10.0. The number of rotatable bonds is 3.